The fraction of sp³-hybridized carbons (Fsp3) is 0.462. The Morgan fingerprint density at radius 2 is 1.89 bits per heavy atom. The van der Waals surface area contributed by atoms with E-state index in [-0.39, 0.29) is 24.3 Å². The number of benzene rings is 1. The van der Waals surface area contributed by atoms with Crippen LogP contribution >= 0.6 is 0 Å². The topological polar surface area (TPSA) is 58.6 Å². The maximum absolute atomic E-state index is 13.7. The van der Waals surface area contributed by atoms with Crippen molar-refractivity contribution in [3.63, 3.8) is 0 Å². The summed E-state index contributed by atoms with van der Waals surface area (Å²) in [5.74, 6) is -3.14. The number of hydrogen-bond acceptors (Lipinski definition) is 3. The number of aromatic carboxylic acids is 1. The van der Waals surface area contributed by atoms with Gasteiger partial charge in [0.25, 0.3) is 0 Å². The minimum absolute atomic E-state index is 0.0953. The second-order valence-corrected chi connectivity index (χ2v) is 4.57. The van der Waals surface area contributed by atoms with Crippen molar-refractivity contribution in [3.8, 4) is 0 Å². The van der Waals surface area contributed by atoms with E-state index >= 15 is 0 Å². The fourth-order valence-electron chi connectivity index (χ4n) is 1.60. The molecule has 1 atom stereocenters. The molecular weight excluding hydrogens is 256 g/mol. The molecule has 106 valence electrons. The van der Waals surface area contributed by atoms with E-state index in [1.54, 1.807) is 0 Å². The molecule has 1 unspecified atom stereocenters. The maximum Gasteiger partial charge on any atom is 0.335 e. The smallest absolute Gasteiger partial charge is 0.335 e. The lowest BCUT2D eigenvalue weighted by atomic mass is 10.0. The van der Waals surface area contributed by atoms with Crippen molar-refractivity contribution in [1.82, 2.24) is 0 Å². The number of carboxylic acid groups (broad SMARTS) is 1. The van der Waals surface area contributed by atoms with Crippen LogP contribution in [0.2, 0.25) is 0 Å². The van der Waals surface area contributed by atoms with Crippen LogP contribution in [0.4, 0.5) is 14.5 Å². The monoisotopic (exact) mass is 273 g/mol. The lowest BCUT2D eigenvalue weighted by Gasteiger charge is -2.23. The molecule has 1 rings (SSSR count). The van der Waals surface area contributed by atoms with Gasteiger partial charge in [0.15, 0.2) is 0 Å². The van der Waals surface area contributed by atoms with Crippen LogP contribution in [0, 0.1) is 17.6 Å². The van der Waals surface area contributed by atoms with Gasteiger partial charge in [-0.1, -0.05) is 13.8 Å². The number of methoxy groups -OCH3 is 1. The first-order chi connectivity index (χ1) is 8.86. The Morgan fingerprint density at radius 1 is 1.37 bits per heavy atom. The van der Waals surface area contributed by atoms with Gasteiger partial charge in [0.05, 0.1) is 18.2 Å². The fourth-order valence-corrected chi connectivity index (χ4v) is 1.60. The minimum Gasteiger partial charge on any atom is -0.478 e. The number of carbonyl (C=O) groups is 1. The highest BCUT2D eigenvalue weighted by Gasteiger charge is 2.19. The Bertz CT molecular complexity index is 440. The Hall–Kier alpha value is -1.69. The van der Waals surface area contributed by atoms with Crippen molar-refractivity contribution in [3.05, 3.63) is 29.3 Å². The Labute approximate surface area is 110 Å². The Balaban J connectivity index is 3.04. The van der Waals surface area contributed by atoms with Crippen LogP contribution in [0.25, 0.3) is 0 Å². The molecule has 0 saturated heterocycles. The van der Waals surface area contributed by atoms with Crippen molar-refractivity contribution in [2.24, 2.45) is 5.92 Å². The summed E-state index contributed by atoms with van der Waals surface area (Å²) in [5, 5.41) is 11.4. The van der Waals surface area contributed by atoms with Gasteiger partial charge in [0.1, 0.15) is 17.3 Å². The average molecular weight is 273 g/mol. The van der Waals surface area contributed by atoms with E-state index in [1.165, 1.54) is 7.11 Å². The van der Waals surface area contributed by atoms with Gasteiger partial charge in [0.2, 0.25) is 0 Å². The molecule has 0 bridgehead atoms. The van der Waals surface area contributed by atoms with Crippen LogP contribution in [0.5, 0.6) is 0 Å². The van der Waals surface area contributed by atoms with Crippen molar-refractivity contribution >= 4 is 11.7 Å². The van der Waals surface area contributed by atoms with Crippen molar-refractivity contribution < 1.29 is 23.4 Å². The first-order valence-electron chi connectivity index (χ1n) is 5.84. The normalized spacial score (nSPS) is 12.5. The summed E-state index contributed by atoms with van der Waals surface area (Å²) in [6.45, 7) is 4.06. The van der Waals surface area contributed by atoms with Crippen molar-refractivity contribution in [2.75, 3.05) is 19.0 Å². The van der Waals surface area contributed by atoms with Gasteiger partial charge in [0, 0.05) is 7.11 Å². The Kier molecular flexibility index (Phi) is 5.23. The van der Waals surface area contributed by atoms with E-state index in [0.717, 1.165) is 12.1 Å². The predicted molar refractivity (Wildman–Crippen MR) is 67.4 cm³/mol. The van der Waals surface area contributed by atoms with Crippen LogP contribution < -0.4 is 5.32 Å². The number of carboxylic acids is 1. The van der Waals surface area contributed by atoms with Crippen LogP contribution in [0.3, 0.4) is 0 Å². The summed E-state index contributed by atoms with van der Waals surface area (Å²) in [6.07, 6.45) is 0. The van der Waals surface area contributed by atoms with E-state index in [2.05, 4.69) is 5.32 Å². The molecule has 0 aromatic heterocycles. The summed E-state index contributed by atoms with van der Waals surface area (Å²) in [6, 6.07) is 1.31. The predicted octanol–water partition coefficient (Wildman–Crippen LogP) is 2.75. The summed E-state index contributed by atoms with van der Waals surface area (Å²) in [7, 11) is 1.50. The van der Waals surface area contributed by atoms with Gasteiger partial charge in [-0.05, 0) is 18.1 Å². The average Bonchev–Trinajstić information content (AvgIpc) is 2.31. The zero-order valence-corrected chi connectivity index (χ0v) is 11.0. The van der Waals surface area contributed by atoms with Gasteiger partial charge in [-0.3, -0.25) is 0 Å². The third-order valence-corrected chi connectivity index (χ3v) is 2.77. The molecule has 2 N–H and O–H groups in total. The summed E-state index contributed by atoms with van der Waals surface area (Å²) >= 11 is 0. The highest BCUT2D eigenvalue weighted by Crippen LogP contribution is 2.23. The molecule has 0 amide bonds. The molecule has 4 nitrogen and oxygen atoms in total. The molecule has 0 aliphatic rings. The number of anilines is 1. The molecule has 0 fully saturated rings. The maximum atomic E-state index is 13.7. The van der Waals surface area contributed by atoms with Gasteiger partial charge < -0.3 is 15.2 Å². The molecule has 0 radical (unpaired) electrons. The molecule has 0 spiro atoms. The van der Waals surface area contributed by atoms with Gasteiger partial charge >= 0.3 is 5.97 Å². The SMILES string of the molecule is COCC(Nc1c(F)cc(C(=O)O)cc1F)C(C)C. The number of halogens is 2. The summed E-state index contributed by atoms with van der Waals surface area (Å²) in [5.41, 5.74) is -0.755. The third-order valence-electron chi connectivity index (χ3n) is 2.77. The van der Waals surface area contributed by atoms with Crippen LogP contribution in [-0.4, -0.2) is 30.8 Å². The molecule has 0 aliphatic heterocycles. The van der Waals surface area contributed by atoms with E-state index in [4.69, 9.17) is 9.84 Å². The second-order valence-electron chi connectivity index (χ2n) is 4.57. The van der Waals surface area contributed by atoms with Gasteiger partial charge in [-0.15, -0.1) is 0 Å². The quantitative estimate of drug-likeness (QED) is 0.836. The molecule has 6 heteroatoms. The number of ether oxygens (including phenoxy) is 1. The molecule has 1 aromatic carbocycles. The first kappa shape index (κ1) is 15.4. The zero-order valence-electron chi connectivity index (χ0n) is 11.0. The lowest BCUT2D eigenvalue weighted by Crippen LogP contribution is -2.31. The largest absolute Gasteiger partial charge is 0.478 e. The third kappa shape index (κ3) is 3.89. The molecule has 0 saturated carbocycles. The molecule has 1 aromatic rings. The minimum atomic E-state index is -1.37. The lowest BCUT2D eigenvalue weighted by molar-refractivity contribution is 0.0695. The van der Waals surface area contributed by atoms with E-state index in [1.807, 2.05) is 13.8 Å². The number of nitrogens with one attached hydrogen (secondary N) is 1. The van der Waals surface area contributed by atoms with Crippen LogP contribution in [0.15, 0.2) is 12.1 Å². The molecular formula is C13H17F2NO3. The first-order valence-corrected chi connectivity index (χ1v) is 5.84. The molecule has 0 aliphatic carbocycles. The van der Waals surface area contributed by atoms with Gasteiger partial charge in [-0.2, -0.15) is 0 Å². The second kappa shape index (κ2) is 6.47. The molecule has 0 heterocycles. The highest BCUT2D eigenvalue weighted by atomic mass is 19.1. The van der Waals surface area contributed by atoms with Gasteiger partial charge in [-0.25, -0.2) is 13.6 Å². The number of rotatable bonds is 6. The number of hydrogen-bond donors (Lipinski definition) is 2. The summed E-state index contributed by atoms with van der Waals surface area (Å²) in [4.78, 5) is 10.7. The summed E-state index contributed by atoms with van der Waals surface area (Å²) < 4.78 is 32.4. The van der Waals surface area contributed by atoms with Crippen LogP contribution in [-0.2, 0) is 4.74 Å². The Morgan fingerprint density at radius 3 is 2.26 bits per heavy atom. The van der Waals surface area contributed by atoms with Crippen LogP contribution in [0.1, 0.15) is 24.2 Å². The van der Waals surface area contributed by atoms with Crippen molar-refractivity contribution in [2.45, 2.75) is 19.9 Å². The zero-order chi connectivity index (χ0) is 14.6. The molecule has 19 heavy (non-hydrogen) atoms. The standard InChI is InChI=1S/C13H17F2NO3/c1-7(2)11(6-19-3)16-12-9(14)4-8(13(17)18)5-10(12)15/h4-5,7,11,16H,6H2,1-3H3,(H,17,18). The van der Waals surface area contributed by atoms with E-state index in [0.29, 0.717) is 0 Å². The van der Waals surface area contributed by atoms with Crippen molar-refractivity contribution in [1.29, 1.82) is 0 Å². The van der Waals surface area contributed by atoms with E-state index in [9.17, 15) is 13.6 Å². The highest BCUT2D eigenvalue weighted by molar-refractivity contribution is 5.88. The van der Waals surface area contributed by atoms with E-state index < -0.39 is 23.2 Å².